The highest BCUT2D eigenvalue weighted by molar-refractivity contribution is 7.10. The number of carbonyl (C=O) groups is 2. The Bertz CT molecular complexity index is 779. The standard InChI is InChI=1S/C16H15N3O2S2/c20-14-4-3-11(17-18-14)16(21)19-7-5-12-10(6-9-23-12)15(19)13-2-1-8-22-13/h1-2,6,8-9,15H,3-5,7H2,(H,18,20). The summed E-state index contributed by atoms with van der Waals surface area (Å²) in [5.74, 6) is -0.199. The molecule has 0 bridgehead atoms. The topological polar surface area (TPSA) is 61.8 Å². The van der Waals surface area contributed by atoms with Crippen LogP contribution < -0.4 is 5.43 Å². The maximum Gasteiger partial charge on any atom is 0.270 e. The van der Waals surface area contributed by atoms with Gasteiger partial charge in [-0.05, 0) is 34.9 Å². The monoisotopic (exact) mass is 345 g/mol. The summed E-state index contributed by atoms with van der Waals surface area (Å²) in [7, 11) is 0. The molecular formula is C16H15N3O2S2. The molecule has 0 saturated heterocycles. The Labute approximate surface area is 141 Å². The number of rotatable bonds is 2. The molecule has 1 unspecified atom stereocenters. The maximum atomic E-state index is 12.9. The molecule has 2 amide bonds. The molecule has 4 heterocycles. The van der Waals surface area contributed by atoms with Crippen molar-refractivity contribution in [2.45, 2.75) is 25.3 Å². The van der Waals surface area contributed by atoms with Crippen molar-refractivity contribution in [1.29, 1.82) is 0 Å². The highest BCUT2D eigenvalue weighted by Crippen LogP contribution is 2.39. The van der Waals surface area contributed by atoms with Crippen molar-refractivity contribution in [3.8, 4) is 0 Å². The summed E-state index contributed by atoms with van der Waals surface area (Å²) in [6, 6.07) is 6.17. The van der Waals surface area contributed by atoms with E-state index < -0.39 is 0 Å². The molecule has 7 heteroatoms. The number of nitrogens with zero attached hydrogens (tertiary/aromatic N) is 2. The van der Waals surface area contributed by atoms with Gasteiger partial charge in [0.05, 0.1) is 6.04 Å². The number of hydrogen-bond donors (Lipinski definition) is 1. The lowest BCUT2D eigenvalue weighted by Gasteiger charge is -2.36. The molecule has 0 fully saturated rings. The van der Waals surface area contributed by atoms with Gasteiger partial charge >= 0.3 is 0 Å². The van der Waals surface area contributed by atoms with Gasteiger partial charge in [0.15, 0.2) is 0 Å². The van der Waals surface area contributed by atoms with E-state index in [4.69, 9.17) is 0 Å². The molecule has 2 aliphatic heterocycles. The minimum absolute atomic E-state index is 0.0437. The number of nitrogens with one attached hydrogen (secondary N) is 1. The summed E-state index contributed by atoms with van der Waals surface area (Å²) in [4.78, 5) is 28.6. The molecule has 0 aliphatic carbocycles. The van der Waals surface area contributed by atoms with Gasteiger partial charge in [-0.1, -0.05) is 6.07 Å². The zero-order valence-electron chi connectivity index (χ0n) is 12.3. The molecular weight excluding hydrogens is 330 g/mol. The molecule has 2 aromatic rings. The molecule has 5 nitrogen and oxygen atoms in total. The van der Waals surface area contributed by atoms with Gasteiger partial charge in [-0.25, -0.2) is 5.43 Å². The van der Waals surface area contributed by atoms with Crippen molar-refractivity contribution in [1.82, 2.24) is 10.3 Å². The Kier molecular flexibility index (Phi) is 3.74. The van der Waals surface area contributed by atoms with Crippen LogP contribution >= 0.6 is 22.7 Å². The van der Waals surface area contributed by atoms with E-state index in [1.807, 2.05) is 16.3 Å². The first-order valence-electron chi connectivity index (χ1n) is 7.50. The first-order chi connectivity index (χ1) is 11.2. The lowest BCUT2D eigenvalue weighted by atomic mass is 9.97. The Morgan fingerprint density at radius 2 is 2.13 bits per heavy atom. The van der Waals surface area contributed by atoms with Gasteiger partial charge in [0.1, 0.15) is 5.71 Å². The average molecular weight is 345 g/mol. The number of hydrogen-bond acceptors (Lipinski definition) is 5. The lowest BCUT2D eigenvalue weighted by molar-refractivity contribution is -0.126. The molecule has 4 rings (SSSR count). The summed E-state index contributed by atoms with van der Waals surface area (Å²) in [5.41, 5.74) is 4.09. The van der Waals surface area contributed by atoms with E-state index in [0.717, 1.165) is 11.3 Å². The van der Waals surface area contributed by atoms with Crippen LogP contribution in [-0.2, 0) is 16.0 Å². The van der Waals surface area contributed by atoms with E-state index in [2.05, 4.69) is 28.0 Å². The summed E-state index contributed by atoms with van der Waals surface area (Å²) < 4.78 is 0. The largest absolute Gasteiger partial charge is 0.325 e. The Balaban J connectivity index is 1.70. The number of thiophene rings is 2. The van der Waals surface area contributed by atoms with Crippen LogP contribution in [0.1, 0.15) is 34.2 Å². The van der Waals surface area contributed by atoms with Gasteiger partial charge in [-0.15, -0.1) is 22.7 Å². The summed E-state index contributed by atoms with van der Waals surface area (Å²) >= 11 is 3.42. The van der Waals surface area contributed by atoms with E-state index in [0.29, 0.717) is 25.1 Å². The van der Waals surface area contributed by atoms with Crippen LogP contribution in [-0.4, -0.2) is 29.0 Å². The smallest absolute Gasteiger partial charge is 0.270 e. The summed E-state index contributed by atoms with van der Waals surface area (Å²) in [6.07, 6.45) is 1.61. The van der Waals surface area contributed by atoms with E-state index >= 15 is 0 Å². The van der Waals surface area contributed by atoms with Crippen LogP contribution in [0, 0.1) is 0 Å². The fourth-order valence-corrected chi connectivity index (χ4v) is 4.84. The van der Waals surface area contributed by atoms with Gasteiger partial charge in [0.2, 0.25) is 5.91 Å². The van der Waals surface area contributed by atoms with Crippen molar-refractivity contribution in [3.63, 3.8) is 0 Å². The third-order valence-electron chi connectivity index (χ3n) is 4.19. The number of carbonyl (C=O) groups excluding carboxylic acids is 2. The fourth-order valence-electron chi connectivity index (χ4n) is 3.08. The molecule has 0 spiro atoms. The molecule has 1 atom stereocenters. The zero-order chi connectivity index (χ0) is 15.8. The minimum Gasteiger partial charge on any atom is -0.325 e. The molecule has 2 aromatic heterocycles. The van der Waals surface area contributed by atoms with Crippen LogP contribution in [0.2, 0.25) is 0 Å². The first kappa shape index (κ1) is 14.6. The predicted molar refractivity (Wildman–Crippen MR) is 90.7 cm³/mol. The second kappa shape index (κ2) is 5.90. The Hall–Kier alpha value is -1.99. The van der Waals surface area contributed by atoms with E-state index in [1.54, 1.807) is 22.7 Å². The van der Waals surface area contributed by atoms with Crippen molar-refractivity contribution < 1.29 is 9.59 Å². The van der Waals surface area contributed by atoms with Crippen LogP contribution in [0.25, 0.3) is 0 Å². The van der Waals surface area contributed by atoms with E-state index in [1.165, 1.54) is 10.4 Å². The van der Waals surface area contributed by atoms with Crippen molar-refractivity contribution in [3.05, 3.63) is 44.3 Å². The maximum absolute atomic E-state index is 12.9. The molecule has 2 aliphatic rings. The van der Waals surface area contributed by atoms with Crippen LogP contribution in [0.4, 0.5) is 0 Å². The molecule has 0 aromatic carbocycles. The number of hydrazone groups is 1. The van der Waals surface area contributed by atoms with E-state index in [9.17, 15) is 9.59 Å². The predicted octanol–water partition coefficient (Wildman–Crippen LogP) is 2.55. The first-order valence-corrected chi connectivity index (χ1v) is 9.26. The average Bonchev–Trinajstić information content (AvgIpc) is 3.25. The second-order valence-electron chi connectivity index (χ2n) is 5.56. The van der Waals surface area contributed by atoms with Gasteiger partial charge in [0, 0.05) is 29.1 Å². The quantitative estimate of drug-likeness (QED) is 0.909. The van der Waals surface area contributed by atoms with Crippen molar-refractivity contribution in [2.75, 3.05) is 6.54 Å². The molecule has 1 N–H and O–H groups in total. The Morgan fingerprint density at radius 3 is 2.87 bits per heavy atom. The van der Waals surface area contributed by atoms with Crippen molar-refractivity contribution >= 4 is 40.2 Å². The summed E-state index contributed by atoms with van der Waals surface area (Å²) in [5, 5.41) is 8.11. The number of amides is 2. The minimum atomic E-state index is -0.130. The second-order valence-corrected chi connectivity index (χ2v) is 7.54. The molecule has 0 saturated carbocycles. The normalized spacial score (nSPS) is 20.7. The van der Waals surface area contributed by atoms with Crippen LogP contribution in [0.15, 0.2) is 34.1 Å². The van der Waals surface area contributed by atoms with Gasteiger partial charge < -0.3 is 4.90 Å². The van der Waals surface area contributed by atoms with Crippen LogP contribution in [0.5, 0.6) is 0 Å². The lowest BCUT2D eigenvalue weighted by Crippen LogP contribution is -2.45. The van der Waals surface area contributed by atoms with Crippen LogP contribution in [0.3, 0.4) is 0 Å². The van der Waals surface area contributed by atoms with Crippen molar-refractivity contribution in [2.24, 2.45) is 5.10 Å². The number of fused-ring (bicyclic) bond motifs is 1. The van der Waals surface area contributed by atoms with E-state index in [-0.39, 0.29) is 17.9 Å². The highest BCUT2D eigenvalue weighted by atomic mass is 32.1. The molecule has 0 radical (unpaired) electrons. The molecule has 23 heavy (non-hydrogen) atoms. The summed E-state index contributed by atoms with van der Waals surface area (Å²) in [6.45, 7) is 0.682. The SMILES string of the molecule is O=C1CCC(C(=O)N2CCc3sccc3C2c2cccs2)=NN1. The van der Waals surface area contributed by atoms with Gasteiger partial charge in [-0.2, -0.15) is 5.10 Å². The third-order valence-corrected chi connectivity index (χ3v) is 6.11. The van der Waals surface area contributed by atoms with Gasteiger partial charge in [0.25, 0.3) is 5.91 Å². The zero-order valence-corrected chi connectivity index (χ0v) is 14.0. The highest BCUT2D eigenvalue weighted by Gasteiger charge is 2.35. The fraction of sp³-hybridized carbons (Fsp3) is 0.312. The van der Waals surface area contributed by atoms with Gasteiger partial charge in [-0.3, -0.25) is 9.59 Å². The third kappa shape index (κ3) is 2.60. The Morgan fingerprint density at radius 1 is 1.22 bits per heavy atom. The molecule has 118 valence electrons.